The van der Waals surface area contributed by atoms with E-state index in [0.29, 0.717) is 0 Å². The van der Waals surface area contributed by atoms with Crippen molar-refractivity contribution in [3.8, 4) is 0 Å². The van der Waals surface area contributed by atoms with Gasteiger partial charge in [-0.2, -0.15) is 0 Å². The van der Waals surface area contributed by atoms with Gasteiger partial charge in [-0.15, -0.1) is 0 Å². The molecule has 0 fully saturated rings. The average molecular weight is 629 g/mol. The Balaban J connectivity index is 2.09. The summed E-state index contributed by atoms with van der Waals surface area (Å²) in [5.41, 5.74) is 0. The fourth-order valence-electron chi connectivity index (χ4n) is 5.88. The van der Waals surface area contributed by atoms with E-state index in [1.165, 1.54) is 42.0 Å². The van der Waals surface area contributed by atoms with Crippen molar-refractivity contribution in [1.82, 2.24) is 0 Å². The van der Waals surface area contributed by atoms with Gasteiger partial charge in [0, 0.05) is 0 Å². The molecule has 0 aromatic heterocycles. The summed E-state index contributed by atoms with van der Waals surface area (Å²) in [6.45, 7) is 29.4. The molecule has 4 aromatic carbocycles. The Bertz CT molecular complexity index is 1220. The summed E-state index contributed by atoms with van der Waals surface area (Å²) < 4.78 is 0. The minimum atomic E-state index is -2.57. The van der Waals surface area contributed by atoms with Crippen LogP contribution in [-0.2, 0) is 0 Å². The van der Waals surface area contributed by atoms with Crippen molar-refractivity contribution in [3.05, 3.63) is 97.1 Å². The summed E-state index contributed by atoms with van der Waals surface area (Å²) in [7, 11) is -8.20. The second kappa shape index (κ2) is 11.4. The Morgan fingerprint density at radius 3 is 0.537 bits per heavy atom. The van der Waals surface area contributed by atoms with E-state index >= 15 is 0 Å². The summed E-state index contributed by atoms with van der Waals surface area (Å²) >= 11 is 0. The summed E-state index contributed by atoms with van der Waals surface area (Å²) in [5.74, 6) is 0. The molecule has 0 heterocycles. The number of rotatable bonds is 8. The van der Waals surface area contributed by atoms with E-state index < -0.39 is 39.6 Å². The molecule has 218 valence electrons. The van der Waals surface area contributed by atoms with E-state index in [9.17, 15) is 0 Å². The molecule has 0 aliphatic carbocycles. The first-order valence-corrected chi connectivity index (χ1v) is 31.3. The van der Waals surface area contributed by atoms with Gasteiger partial charge < -0.3 is 0 Å². The molecule has 0 saturated carbocycles. The van der Waals surface area contributed by atoms with Crippen LogP contribution in [0.3, 0.4) is 0 Å². The molecule has 5 heteroatoms. The molecule has 0 aliphatic heterocycles. The van der Waals surface area contributed by atoms with Crippen LogP contribution in [0.5, 0.6) is 0 Å². The monoisotopic (exact) mass is 628 g/mol. The summed E-state index contributed by atoms with van der Waals surface area (Å²) in [6, 6.07) is 39.5. The Morgan fingerprint density at radius 1 is 0.268 bits per heavy atom. The van der Waals surface area contributed by atoms with Crippen LogP contribution >= 0.6 is 7.26 Å². The molecule has 0 atom stereocenters. The third-order valence-corrected chi connectivity index (χ3v) is 21.8. The van der Waals surface area contributed by atoms with Crippen LogP contribution in [0.4, 0.5) is 0 Å². The van der Waals surface area contributed by atoms with Crippen LogP contribution in [0.25, 0.3) is 0 Å². The molecule has 4 rings (SSSR count). The second-order valence-electron chi connectivity index (χ2n) is 16.1. The van der Waals surface area contributed by atoms with Crippen molar-refractivity contribution in [3.63, 3.8) is 0 Å². The summed E-state index contributed by atoms with van der Waals surface area (Å²) in [6.07, 6.45) is 0. The van der Waals surface area contributed by atoms with Crippen molar-refractivity contribution in [2.75, 3.05) is 0 Å². The zero-order valence-corrected chi connectivity index (χ0v) is 32.7. The van der Waals surface area contributed by atoms with E-state index in [4.69, 9.17) is 0 Å². The Kier molecular flexibility index (Phi) is 8.89. The van der Waals surface area contributed by atoms with Gasteiger partial charge in [-0.1, -0.05) is 0 Å². The molecule has 0 spiro atoms. The number of hydrogen-bond donors (Lipinski definition) is 0. The molecular weight excluding hydrogens is 576 g/mol. The van der Waals surface area contributed by atoms with Crippen LogP contribution < -0.4 is 42.0 Å². The Morgan fingerprint density at radius 2 is 0.415 bits per heavy atom. The maximum atomic E-state index is 2.49. The predicted molar refractivity (Wildman–Crippen MR) is 205 cm³/mol. The van der Waals surface area contributed by atoms with Crippen LogP contribution in [-0.4, -0.2) is 32.3 Å². The quantitative estimate of drug-likeness (QED) is 0.161. The van der Waals surface area contributed by atoms with Crippen LogP contribution in [0.15, 0.2) is 97.1 Å². The van der Waals surface area contributed by atoms with Crippen molar-refractivity contribution in [2.45, 2.75) is 78.6 Å². The molecular formula is C36H53PSi4. The van der Waals surface area contributed by atoms with Gasteiger partial charge in [0.25, 0.3) is 0 Å². The standard InChI is InChI=1S/C36H53PSi4/c1-38(2,3)33-21-13-29(14-22-33)37(30-15-23-34(24-16-30)39(4,5)6,31-17-25-35(26-18-31)40(7,8)9)32-19-27-36(28-20-32)41(10,11)12/h13-28,37H,1-12H3. The maximum absolute atomic E-state index is 2.57. The molecule has 41 heavy (non-hydrogen) atoms. The normalized spacial score (nSPS) is 13.8. The SMILES string of the molecule is C[Si](C)(C)c1ccc([PH](c2ccc([Si](C)(C)C)cc2)(c2ccc([Si](C)(C)C)cc2)c2ccc([Si](C)(C)C)cc2)cc1. The first-order chi connectivity index (χ1) is 18.8. The van der Waals surface area contributed by atoms with Gasteiger partial charge >= 0.3 is 257 Å². The van der Waals surface area contributed by atoms with E-state index in [2.05, 4.69) is 176 Å². The summed E-state index contributed by atoms with van der Waals surface area (Å²) in [4.78, 5) is 0. The average Bonchev–Trinajstić information content (AvgIpc) is 2.88. The van der Waals surface area contributed by atoms with Gasteiger partial charge in [-0.3, -0.25) is 0 Å². The van der Waals surface area contributed by atoms with Crippen molar-refractivity contribution in [2.24, 2.45) is 0 Å². The van der Waals surface area contributed by atoms with E-state index in [1.54, 1.807) is 0 Å². The summed E-state index contributed by atoms with van der Waals surface area (Å²) in [5, 5.41) is 12.1. The van der Waals surface area contributed by atoms with Crippen molar-refractivity contribution >= 4 is 81.5 Å². The van der Waals surface area contributed by atoms with Crippen molar-refractivity contribution in [1.29, 1.82) is 0 Å². The fourth-order valence-corrected chi connectivity index (χ4v) is 15.2. The second-order valence-corrected chi connectivity index (χ2v) is 40.2. The molecule has 0 nitrogen and oxygen atoms in total. The molecule has 0 bridgehead atoms. The molecule has 0 unspecified atom stereocenters. The third kappa shape index (κ3) is 6.73. The van der Waals surface area contributed by atoms with E-state index in [-0.39, 0.29) is 0 Å². The van der Waals surface area contributed by atoms with Gasteiger partial charge in [0.1, 0.15) is 0 Å². The number of benzene rings is 4. The van der Waals surface area contributed by atoms with Gasteiger partial charge in [0.15, 0.2) is 0 Å². The predicted octanol–water partition coefficient (Wildman–Crippen LogP) is 6.22. The van der Waals surface area contributed by atoms with Crippen LogP contribution in [0.2, 0.25) is 78.6 Å². The zero-order valence-electron chi connectivity index (χ0n) is 27.7. The molecule has 0 radical (unpaired) electrons. The van der Waals surface area contributed by atoms with Crippen LogP contribution in [0, 0.1) is 0 Å². The molecule has 0 amide bonds. The minimum absolute atomic E-state index is 1.41. The van der Waals surface area contributed by atoms with Gasteiger partial charge in [-0.25, -0.2) is 0 Å². The van der Waals surface area contributed by atoms with Crippen molar-refractivity contribution < 1.29 is 0 Å². The first-order valence-electron chi connectivity index (χ1n) is 15.3. The Hall–Kier alpha value is -1.82. The van der Waals surface area contributed by atoms with Gasteiger partial charge in [-0.05, 0) is 0 Å². The fraction of sp³-hybridized carbons (Fsp3) is 0.333. The molecule has 0 N–H and O–H groups in total. The van der Waals surface area contributed by atoms with Gasteiger partial charge in [0.05, 0.1) is 0 Å². The van der Waals surface area contributed by atoms with Gasteiger partial charge in [0.2, 0.25) is 0 Å². The van der Waals surface area contributed by atoms with Crippen LogP contribution in [0.1, 0.15) is 0 Å². The molecule has 4 aromatic rings. The zero-order chi connectivity index (χ0) is 30.4. The van der Waals surface area contributed by atoms with E-state index in [1.807, 2.05) is 0 Å². The Labute approximate surface area is 256 Å². The first kappa shape index (κ1) is 32.1. The van der Waals surface area contributed by atoms with E-state index in [0.717, 1.165) is 0 Å². The third-order valence-electron chi connectivity index (χ3n) is 8.74. The molecule has 0 saturated heterocycles. The molecule has 0 aliphatic rings. The topological polar surface area (TPSA) is 0 Å². The number of hydrogen-bond acceptors (Lipinski definition) is 0.